The predicted molar refractivity (Wildman–Crippen MR) is 57.4 cm³/mol. The van der Waals surface area contributed by atoms with Crippen LogP contribution >= 0.6 is 0 Å². The molecule has 1 saturated heterocycles. The Balaban J connectivity index is 1.90. The number of benzene rings is 1. The highest BCUT2D eigenvalue weighted by atomic mass is 19.1. The first-order valence-corrected chi connectivity index (χ1v) is 5.35. The van der Waals surface area contributed by atoms with Crippen molar-refractivity contribution in [1.29, 1.82) is 0 Å². The van der Waals surface area contributed by atoms with Crippen molar-refractivity contribution in [2.45, 2.75) is 18.7 Å². The largest absolute Gasteiger partial charge is 0.387 e. The summed E-state index contributed by atoms with van der Waals surface area (Å²) >= 11 is 0. The Morgan fingerprint density at radius 1 is 1.40 bits per heavy atom. The number of aliphatic hydroxyl groups excluding tert-OH is 1. The molecule has 1 heterocycles. The highest BCUT2D eigenvalue weighted by Crippen LogP contribution is 2.18. The topological polar surface area (TPSA) is 23.5 Å². The summed E-state index contributed by atoms with van der Waals surface area (Å²) in [6.07, 6.45) is -0.619. The molecule has 1 aromatic rings. The van der Waals surface area contributed by atoms with Crippen molar-refractivity contribution in [3.8, 4) is 0 Å². The Bertz CT molecular complexity index is 304. The van der Waals surface area contributed by atoms with Gasteiger partial charge < -0.3 is 5.11 Å². The van der Waals surface area contributed by atoms with Gasteiger partial charge in [-0.3, -0.25) is 4.90 Å². The SMILES string of the molecule is O[C@@H](CN1CC[C@H](F)C1)c1ccccc1. The lowest BCUT2D eigenvalue weighted by molar-refractivity contribution is 0.122. The van der Waals surface area contributed by atoms with Crippen LogP contribution in [-0.2, 0) is 0 Å². The van der Waals surface area contributed by atoms with E-state index in [-0.39, 0.29) is 0 Å². The highest BCUT2D eigenvalue weighted by Gasteiger charge is 2.23. The van der Waals surface area contributed by atoms with E-state index < -0.39 is 12.3 Å². The summed E-state index contributed by atoms with van der Waals surface area (Å²) < 4.78 is 12.9. The first kappa shape index (κ1) is 10.6. The lowest BCUT2D eigenvalue weighted by Gasteiger charge is -2.19. The van der Waals surface area contributed by atoms with Gasteiger partial charge in [0.2, 0.25) is 0 Å². The molecule has 1 aliphatic heterocycles. The number of rotatable bonds is 3. The fourth-order valence-corrected chi connectivity index (χ4v) is 1.98. The molecule has 15 heavy (non-hydrogen) atoms. The van der Waals surface area contributed by atoms with E-state index in [9.17, 15) is 9.50 Å². The second kappa shape index (κ2) is 4.73. The standard InChI is InChI=1S/C12H16FNO/c13-11-6-7-14(8-11)9-12(15)10-4-2-1-3-5-10/h1-5,11-12,15H,6-9H2/t11-,12-/m0/s1. The number of hydrogen-bond acceptors (Lipinski definition) is 2. The maximum Gasteiger partial charge on any atom is 0.114 e. The fourth-order valence-electron chi connectivity index (χ4n) is 1.98. The van der Waals surface area contributed by atoms with E-state index >= 15 is 0 Å². The Morgan fingerprint density at radius 3 is 2.73 bits per heavy atom. The molecule has 0 spiro atoms. The van der Waals surface area contributed by atoms with E-state index in [1.807, 2.05) is 35.2 Å². The van der Waals surface area contributed by atoms with Crippen molar-refractivity contribution in [2.75, 3.05) is 19.6 Å². The Morgan fingerprint density at radius 2 is 2.13 bits per heavy atom. The van der Waals surface area contributed by atoms with Gasteiger partial charge in [0.05, 0.1) is 6.10 Å². The third kappa shape index (κ3) is 2.76. The molecule has 1 N–H and O–H groups in total. The zero-order valence-corrected chi connectivity index (χ0v) is 8.64. The second-order valence-corrected chi connectivity index (χ2v) is 4.07. The summed E-state index contributed by atoms with van der Waals surface area (Å²) in [5.74, 6) is 0. The first-order valence-electron chi connectivity index (χ1n) is 5.35. The molecule has 2 rings (SSSR count). The van der Waals surface area contributed by atoms with Gasteiger partial charge >= 0.3 is 0 Å². The molecule has 3 heteroatoms. The van der Waals surface area contributed by atoms with Crippen LogP contribution in [0.4, 0.5) is 4.39 Å². The van der Waals surface area contributed by atoms with E-state index in [1.54, 1.807) is 0 Å². The minimum atomic E-state index is -0.715. The quantitative estimate of drug-likeness (QED) is 0.820. The van der Waals surface area contributed by atoms with Crippen LogP contribution in [0.1, 0.15) is 18.1 Å². The molecule has 2 atom stereocenters. The van der Waals surface area contributed by atoms with Gasteiger partial charge in [-0.1, -0.05) is 30.3 Å². The van der Waals surface area contributed by atoms with Crippen molar-refractivity contribution in [3.05, 3.63) is 35.9 Å². The van der Waals surface area contributed by atoms with Gasteiger partial charge in [-0.15, -0.1) is 0 Å². The van der Waals surface area contributed by atoms with Crippen molar-refractivity contribution < 1.29 is 9.50 Å². The molecular weight excluding hydrogens is 193 g/mol. The third-order valence-corrected chi connectivity index (χ3v) is 2.83. The monoisotopic (exact) mass is 209 g/mol. The normalized spacial score (nSPS) is 24.3. The molecule has 2 nitrogen and oxygen atoms in total. The van der Waals surface area contributed by atoms with Crippen LogP contribution in [0.5, 0.6) is 0 Å². The van der Waals surface area contributed by atoms with Crippen molar-refractivity contribution >= 4 is 0 Å². The third-order valence-electron chi connectivity index (χ3n) is 2.83. The number of hydrogen-bond donors (Lipinski definition) is 1. The van der Waals surface area contributed by atoms with E-state index in [0.717, 1.165) is 12.1 Å². The molecule has 0 amide bonds. The fraction of sp³-hybridized carbons (Fsp3) is 0.500. The number of likely N-dealkylation sites (tertiary alicyclic amines) is 1. The smallest absolute Gasteiger partial charge is 0.114 e. The minimum absolute atomic E-state index is 0.462. The van der Waals surface area contributed by atoms with Crippen LogP contribution in [0.3, 0.4) is 0 Å². The van der Waals surface area contributed by atoms with Crippen molar-refractivity contribution in [2.24, 2.45) is 0 Å². The van der Waals surface area contributed by atoms with Gasteiger partial charge in [0.15, 0.2) is 0 Å². The summed E-state index contributed by atoms with van der Waals surface area (Å²) in [5, 5.41) is 9.90. The van der Waals surface area contributed by atoms with Gasteiger partial charge in [0.25, 0.3) is 0 Å². The average Bonchev–Trinajstić information content (AvgIpc) is 2.65. The van der Waals surface area contributed by atoms with Gasteiger partial charge in [-0.05, 0) is 12.0 Å². The molecule has 0 radical (unpaired) electrons. The summed E-state index contributed by atoms with van der Waals surface area (Å²) in [7, 11) is 0. The van der Waals surface area contributed by atoms with Gasteiger partial charge in [-0.25, -0.2) is 4.39 Å². The minimum Gasteiger partial charge on any atom is -0.387 e. The van der Waals surface area contributed by atoms with Crippen LogP contribution in [0.15, 0.2) is 30.3 Å². The average molecular weight is 209 g/mol. The molecule has 0 aromatic heterocycles. The molecular formula is C12H16FNO. The van der Waals surface area contributed by atoms with Gasteiger partial charge in [0, 0.05) is 19.6 Å². The van der Waals surface area contributed by atoms with E-state index in [2.05, 4.69) is 0 Å². The van der Waals surface area contributed by atoms with E-state index in [4.69, 9.17) is 0 Å². The summed E-state index contributed by atoms with van der Waals surface area (Å²) in [5.41, 5.74) is 0.903. The number of aliphatic hydroxyl groups is 1. The summed E-state index contributed by atoms with van der Waals surface area (Å²) in [4.78, 5) is 1.97. The Hall–Kier alpha value is -0.930. The summed E-state index contributed by atoms with van der Waals surface area (Å²) in [6.45, 7) is 1.75. The van der Waals surface area contributed by atoms with Crippen LogP contribution in [0.25, 0.3) is 0 Å². The molecule has 82 valence electrons. The first-order chi connectivity index (χ1) is 7.25. The van der Waals surface area contributed by atoms with Crippen LogP contribution in [-0.4, -0.2) is 35.8 Å². The maximum absolute atomic E-state index is 12.9. The lowest BCUT2D eigenvalue weighted by atomic mass is 10.1. The molecule has 0 bridgehead atoms. The van der Waals surface area contributed by atoms with E-state index in [0.29, 0.717) is 19.5 Å². The van der Waals surface area contributed by atoms with Crippen LogP contribution < -0.4 is 0 Å². The van der Waals surface area contributed by atoms with Crippen molar-refractivity contribution in [1.82, 2.24) is 4.90 Å². The van der Waals surface area contributed by atoms with E-state index in [1.165, 1.54) is 0 Å². The van der Waals surface area contributed by atoms with Crippen molar-refractivity contribution in [3.63, 3.8) is 0 Å². The number of halogens is 1. The molecule has 1 aromatic carbocycles. The van der Waals surface area contributed by atoms with Crippen LogP contribution in [0, 0.1) is 0 Å². The second-order valence-electron chi connectivity index (χ2n) is 4.07. The molecule has 1 fully saturated rings. The van der Waals surface area contributed by atoms with Gasteiger partial charge in [-0.2, -0.15) is 0 Å². The van der Waals surface area contributed by atoms with Crippen LogP contribution in [0.2, 0.25) is 0 Å². The molecule has 0 unspecified atom stereocenters. The predicted octanol–water partition coefficient (Wildman–Crippen LogP) is 1.76. The number of alkyl halides is 1. The lowest BCUT2D eigenvalue weighted by Crippen LogP contribution is -2.26. The number of nitrogens with zero attached hydrogens (tertiary/aromatic N) is 1. The zero-order valence-electron chi connectivity index (χ0n) is 8.64. The Labute approximate surface area is 89.3 Å². The molecule has 1 aliphatic rings. The summed E-state index contributed by atoms with van der Waals surface area (Å²) in [6, 6.07) is 9.52. The molecule has 0 aliphatic carbocycles. The zero-order chi connectivity index (χ0) is 10.7. The highest BCUT2D eigenvalue weighted by molar-refractivity contribution is 5.17. The Kier molecular flexibility index (Phi) is 3.34. The van der Waals surface area contributed by atoms with Gasteiger partial charge in [0.1, 0.15) is 6.17 Å². The maximum atomic E-state index is 12.9. The molecule has 0 saturated carbocycles. The number of β-amino-alcohol motifs (C(OH)–C–C–N with tert-alkyl or cyclic N) is 1.